The van der Waals surface area contributed by atoms with Crippen molar-refractivity contribution in [3.05, 3.63) is 89.6 Å². The lowest BCUT2D eigenvalue weighted by Crippen LogP contribution is -2.38. The molecule has 0 saturated heterocycles. The van der Waals surface area contributed by atoms with Crippen molar-refractivity contribution in [3.8, 4) is 0 Å². The summed E-state index contributed by atoms with van der Waals surface area (Å²) < 4.78 is 2.07. The van der Waals surface area contributed by atoms with E-state index in [9.17, 15) is 0 Å². The standard InChI is InChI=1S/C25H30N6.HI/c1-3-27-25(28-10-9-22-16-29-24-13-19(2)7-8-23(22)24)30-15-20-5-4-6-21(14-20)17-31-12-11-26-18-31;/h4-8,11-14,16,18,29H,3,9-10,15,17H2,1-2H3,(H2,27,28,30);1H. The lowest BCUT2D eigenvalue weighted by Gasteiger charge is -2.11. The molecule has 6 nitrogen and oxygen atoms in total. The first-order valence-corrected chi connectivity index (χ1v) is 10.8. The number of imidazole rings is 1. The van der Waals surface area contributed by atoms with Crippen LogP contribution in [0.15, 0.2) is 72.4 Å². The van der Waals surface area contributed by atoms with Crippen molar-refractivity contribution in [1.82, 2.24) is 25.2 Å². The molecule has 0 radical (unpaired) electrons. The number of hydrogen-bond acceptors (Lipinski definition) is 2. The summed E-state index contributed by atoms with van der Waals surface area (Å²) in [6, 6.07) is 15.1. The number of nitrogens with zero attached hydrogens (tertiary/aromatic N) is 3. The summed E-state index contributed by atoms with van der Waals surface area (Å²) in [5.74, 6) is 0.846. The fourth-order valence-corrected chi connectivity index (χ4v) is 3.75. The fraction of sp³-hybridized carbons (Fsp3) is 0.280. The van der Waals surface area contributed by atoms with Crippen LogP contribution in [0.3, 0.4) is 0 Å². The predicted molar refractivity (Wildman–Crippen MR) is 143 cm³/mol. The van der Waals surface area contributed by atoms with E-state index in [-0.39, 0.29) is 24.0 Å². The molecule has 0 aliphatic heterocycles. The van der Waals surface area contributed by atoms with Crippen molar-refractivity contribution in [2.24, 2.45) is 4.99 Å². The summed E-state index contributed by atoms with van der Waals surface area (Å²) in [6.07, 6.45) is 8.68. The molecular weight excluding hydrogens is 511 g/mol. The van der Waals surface area contributed by atoms with Crippen LogP contribution in [0.4, 0.5) is 0 Å². The van der Waals surface area contributed by atoms with Gasteiger partial charge in [0.05, 0.1) is 12.9 Å². The molecule has 168 valence electrons. The van der Waals surface area contributed by atoms with Gasteiger partial charge in [-0.15, -0.1) is 24.0 Å². The second-order valence-electron chi connectivity index (χ2n) is 7.79. The Morgan fingerprint density at radius 1 is 1.12 bits per heavy atom. The van der Waals surface area contributed by atoms with Crippen LogP contribution in [0.5, 0.6) is 0 Å². The van der Waals surface area contributed by atoms with Crippen molar-refractivity contribution >= 4 is 40.8 Å². The van der Waals surface area contributed by atoms with E-state index in [1.54, 1.807) is 6.20 Å². The zero-order valence-electron chi connectivity index (χ0n) is 18.6. The Labute approximate surface area is 206 Å². The van der Waals surface area contributed by atoms with Crippen LogP contribution in [0.25, 0.3) is 10.9 Å². The zero-order chi connectivity index (χ0) is 21.5. The van der Waals surface area contributed by atoms with Crippen molar-refractivity contribution in [1.29, 1.82) is 0 Å². The third-order valence-electron chi connectivity index (χ3n) is 5.29. The highest BCUT2D eigenvalue weighted by molar-refractivity contribution is 14.0. The maximum Gasteiger partial charge on any atom is 0.191 e. The second kappa shape index (κ2) is 11.7. The van der Waals surface area contributed by atoms with Crippen molar-refractivity contribution in [3.63, 3.8) is 0 Å². The molecule has 0 spiro atoms. The molecule has 0 amide bonds. The van der Waals surface area contributed by atoms with E-state index in [0.717, 1.165) is 32.0 Å². The Morgan fingerprint density at radius 3 is 2.81 bits per heavy atom. The summed E-state index contributed by atoms with van der Waals surface area (Å²) >= 11 is 0. The molecule has 4 rings (SSSR count). The maximum absolute atomic E-state index is 4.78. The maximum atomic E-state index is 4.78. The van der Waals surface area contributed by atoms with E-state index in [2.05, 4.69) is 87.7 Å². The number of guanidine groups is 1. The lowest BCUT2D eigenvalue weighted by atomic mass is 10.1. The van der Waals surface area contributed by atoms with Gasteiger partial charge in [-0.3, -0.25) is 0 Å². The summed E-state index contributed by atoms with van der Waals surface area (Å²) in [7, 11) is 0. The minimum atomic E-state index is 0. The highest BCUT2D eigenvalue weighted by atomic mass is 127. The van der Waals surface area contributed by atoms with Gasteiger partial charge in [0.15, 0.2) is 5.96 Å². The molecule has 2 aromatic carbocycles. The van der Waals surface area contributed by atoms with Crippen LogP contribution >= 0.6 is 24.0 Å². The average Bonchev–Trinajstić information content (AvgIpc) is 3.42. The number of benzene rings is 2. The normalized spacial score (nSPS) is 11.4. The van der Waals surface area contributed by atoms with Crippen molar-refractivity contribution in [2.45, 2.75) is 33.4 Å². The van der Waals surface area contributed by atoms with Gasteiger partial charge in [0.2, 0.25) is 0 Å². The average molecular weight is 542 g/mol. The van der Waals surface area contributed by atoms with Gasteiger partial charge in [-0.2, -0.15) is 0 Å². The third-order valence-corrected chi connectivity index (χ3v) is 5.29. The molecular formula is C25H31IN6. The van der Waals surface area contributed by atoms with E-state index in [1.165, 1.54) is 33.2 Å². The molecule has 32 heavy (non-hydrogen) atoms. The number of rotatable bonds is 8. The largest absolute Gasteiger partial charge is 0.361 e. The van der Waals surface area contributed by atoms with Gasteiger partial charge in [-0.1, -0.05) is 36.4 Å². The molecule has 0 aliphatic carbocycles. The molecule has 7 heteroatoms. The zero-order valence-corrected chi connectivity index (χ0v) is 21.0. The number of nitrogens with one attached hydrogen (secondary N) is 3. The van der Waals surface area contributed by atoms with Crippen LogP contribution in [0.1, 0.15) is 29.2 Å². The minimum absolute atomic E-state index is 0. The first-order valence-electron chi connectivity index (χ1n) is 10.8. The SMILES string of the molecule is CCNC(=NCc1cccc(Cn2ccnc2)c1)NCCc1c[nH]c2cc(C)ccc12.I. The van der Waals surface area contributed by atoms with Gasteiger partial charge in [-0.05, 0) is 48.6 Å². The third kappa shape index (κ3) is 6.35. The Kier molecular flexibility index (Phi) is 8.72. The lowest BCUT2D eigenvalue weighted by molar-refractivity contribution is 0.791. The number of hydrogen-bond donors (Lipinski definition) is 3. The Balaban J connectivity index is 0.00000289. The Bertz CT molecular complexity index is 1150. The quantitative estimate of drug-likeness (QED) is 0.173. The van der Waals surface area contributed by atoms with Crippen LogP contribution in [-0.2, 0) is 19.5 Å². The number of H-pyrrole nitrogens is 1. The molecule has 2 aromatic heterocycles. The van der Waals surface area contributed by atoms with E-state index < -0.39 is 0 Å². The molecule has 0 fully saturated rings. The van der Waals surface area contributed by atoms with Crippen LogP contribution in [0, 0.1) is 6.92 Å². The van der Waals surface area contributed by atoms with Gasteiger partial charge in [0.25, 0.3) is 0 Å². The highest BCUT2D eigenvalue weighted by Gasteiger charge is 2.05. The topological polar surface area (TPSA) is 70.0 Å². The molecule has 2 heterocycles. The van der Waals surface area contributed by atoms with E-state index >= 15 is 0 Å². The smallest absolute Gasteiger partial charge is 0.191 e. The van der Waals surface area contributed by atoms with Gasteiger partial charge < -0.3 is 20.2 Å². The first-order chi connectivity index (χ1) is 15.2. The molecule has 0 bridgehead atoms. The number of aryl methyl sites for hydroxylation is 1. The number of aliphatic imine (C=N–C) groups is 1. The first kappa shape index (κ1) is 23.8. The number of aromatic nitrogens is 3. The molecule has 0 aliphatic rings. The molecule has 3 N–H and O–H groups in total. The van der Waals surface area contributed by atoms with Gasteiger partial charge in [0.1, 0.15) is 0 Å². The van der Waals surface area contributed by atoms with E-state index in [1.807, 2.05) is 12.5 Å². The second-order valence-corrected chi connectivity index (χ2v) is 7.79. The molecule has 0 unspecified atom stereocenters. The predicted octanol–water partition coefficient (Wildman–Crippen LogP) is 4.64. The molecule has 0 atom stereocenters. The van der Waals surface area contributed by atoms with E-state index in [0.29, 0.717) is 6.54 Å². The highest BCUT2D eigenvalue weighted by Crippen LogP contribution is 2.19. The van der Waals surface area contributed by atoms with Crippen LogP contribution in [0.2, 0.25) is 0 Å². The summed E-state index contributed by atoms with van der Waals surface area (Å²) in [5.41, 5.74) is 6.24. The summed E-state index contributed by atoms with van der Waals surface area (Å²) in [5, 5.41) is 8.11. The molecule has 4 aromatic rings. The fourth-order valence-electron chi connectivity index (χ4n) is 3.75. The van der Waals surface area contributed by atoms with Crippen LogP contribution < -0.4 is 10.6 Å². The number of aromatic amines is 1. The minimum Gasteiger partial charge on any atom is -0.361 e. The van der Waals surface area contributed by atoms with Crippen LogP contribution in [-0.4, -0.2) is 33.6 Å². The van der Waals surface area contributed by atoms with Gasteiger partial charge >= 0.3 is 0 Å². The van der Waals surface area contributed by atoms with E-state index in [4.69, 9.17) is 4.99 Å². The monoisotopic (exact) mass is 542 g/mol. The summed E-state index contributed by atoms with van der Waals surface area (Å²) in [6.45, 7) is 7.32. The Morgan fingerprint density at radius 2 is 2.00 bits per heavy atom. The molecule has 0 saturated carbocycles. The summed E-state index contributed by atoms with van der Waals surface area (Å²) in [4.78, 5) is 12.3. The van der Waals surface area contributed by atoms with Gasteiger partial charge in [-0.25, -0.2) is 9.98 Å². The van der Waals surface area contributed by atoms with Crippen molar-refractivity contribution < 1.29 is 0 Å². The number of halogens is 1. The number of fused-ring (bicyclic) bond motifs is 1. The van der Waals surface area contributed by atoms with Gasteiger partial charge in [0, 0.05) is 49.1 Å². The Hall–Kier alpha value is -2.81. The van der Waals surface area contributed by atoms with Crippen molar-refractivity contribution in [2.75, 3.05) is 13.1 Å².